The number of carbonyl (C=O) groups is 1. The quantitative estimate of drug-likeness (QED) is 0.659. The Morgan fingerprint density at radius 3 is 2.55 bits per heavy atom. The van der Waals surface area contributed by atoms with Gasteiger partial charge in [-0.3, -0.25) is 0 Å². The molecule has 0 aliphatic rings. The minimum Gasteiger partial charge on any atom is -0.394 e. The van der Waals surface area contributed by atoms with E-state index in [2.05, 4.69) is 10.6 Å². The van der Waals surface area contributed by atoms with Crippen molar-refractivity contribution in [2.75, 3.05) is 18.5 Å². The van der Waals surface area contributed by atoms with Crippen molar-refractivity contribution in [3.05, 3.63) is 29.8 Å². The van der Waals surface area contributed by atoms with Crippen LogP contribution in [-0.2, 0) is 6.42 Å². The fraction of sp³-hybridized carbons (Fsp3) is 0.417. The lowest BCUT2D eigenvalue weighted by Gasteiger charge is -2.14. The summed E-state index contributed by atoms with van der Waals surface area (Å²) in [7, 11) is 0. The number of anilines is 1. The number of aliphatic hydroxyl groups is 2. The highest BCUT2D eigenvalue weighted by Crippen LogP contribution is 2.25. The maximum absolute atomic E-state index is 12.4. The zero-order chi connectivity index (χ0) is 15.2. The molecule has 1 rings (SSSR count). The predicted molar refractivity (Wildman–Crippen MR) is 66.3 cm³/mol. The van der Waals surface area contributed by atoms with E-state index in [-0.39, 0.29) is 17.8 Å². The van der Waals surface area contributed by atoms with E-state index >= 15 is 0 Å². The summed E-state index contributed by atoms with van der Waals surface area (Å²) in [5, 5.41) is 22.1. The number of hydrogen-bond donors (Lipinski definition) is 4. The highest BCUT2D eigenvalue weighted by molar-refractivity contribution is 5.90. The lowest BCUT2D eigenvalue weighted by atomic mass is 10.1. The molecule has 1 aromatic carbocycles. The van der Waals surface area contributed by atoms with E-state index < -0.39 is 31.3 Å². The molecule has 5 nitrogen and oxygen atoms in total. The van der Waals surface area contributed by atoms with Gasteiger partial charge in [0, 0.05) is 12.2 Å². The molecule has 0 aliphatic carbocycles. The Morgan fingerprint density at radius 1 is 1.30 bits per heavy atom. The van der Waals surface area contributed by atoms with E-state index in [0.717, 1.165) is 0 Å². The van der Waals surface area contributed by atoms with Gasteiger partial charge in [0.05, 0.1) is 19.1 Å². The fourth-order valence-electron chi connectivity index (χ4n) is 1.45. The zero-order valence-electron chi connectivity index (χ0n) is 10.4. The molecule has 0 aliphatic heterocycles. The first-order valence-corrected chi connectivity index (χ1v) is 5.80. The molecule has 112 valence electrons. The first kappa shape index (κ1) is 16.3. The summed E-state index contributed by atoms with van der Waals surface area (Å²) in [6, 6.07) is 4.80. The number of rotatable bonds is 5. The van der Waals surface area contributed by atoms with Crippen LogP contribution >= 0.6 is 0 Å². The van der Waals surface area contributed by atoms with Crippen LogP contribution in [-0.4, -0.2) is 41.7 Å². The largest absolute Gasteiger partial charge is 0.394 e. The summed E-state index contributed by atoms with van der Waals surface area (Å²) in [5.74, 6) is 0. The standard InChI is InChI=1S/C12H15F3N2O3/c13-12(14,15)5-8-3-1-2-4-10(8)17-11(20)16-6-9(19)7-18/h1-4,9,18-19H,5-7H2,(H2,16,17,20)/t9-/m1/s1. The Morgan fingerprint density at radius 2 is 1.95 bits per heavy atom. The van der Waals surface area contributed by atoms with Crippen LogP contribution in [0.25, 0.3) is 0 Å². The average molecular weight is 292 g/mol. The van der Waals surface area contributed by atoms with Crippen LogP contribution in [0, 0.1) is 0 Å². The van der Waals surface area contributed by atoms with Crippen molar-refractivity contribution in [3.63, 3.8) is 0 Å². The molecular formula is C12H15F3N2O3. The lowest BCUT2D eigenvalue weighted by molar-refractivity contribution is -0.127. The summed E-state index contributed by atoms with van der Waals surface area (Å²) < 4.78 is 37.1. The fourth-order valence-corrected chi connectivity index (χ4v) is 1.45. The highest BCUT2D eigenvalue weighted by atomic mass is 19.4. The third kappa shape index (κ3) is 5.89. The minimum atomic E-state index is -4.37. The van der Waals surface area contributed by atoms with Crippen LogP contribution in [0.15, 0.2) is 24.3 Å². The van der Waals surface area contributed by atoms with Crippen molar-refractivity contribution < 1.29 is 28.2 Å². The van der Waals surface area contributed by atoms with Gasteiger partial charge in [0.15, 0.2) is 0 Å². The Hall–Kier alpha value is -1.80. The van der Waals surface area contributed by atoms with Crippen LogP contribution in [0.5, 0.6) is 0 Å². The molecule has 0 saturated carbocycles. The number of amides is 2. The van der Waals surface area contributed by atoms with Crippen molar-refractivity contribution in [1.29, 1.82) is 0 Å². The Balaban J connectivity index is 2.65. The molecule has 20 heavy (non-hydrogen) atoms. The lowest BCUT2D eigenvalue weighted by Crippen LogP contribution is -2.36. The van der Waals surface area contributed by atoms with Gasteiger partial charge in [0.2, 0.25) is 0 Å². The number of benzene rings is 1. The second-order valence-corrected chi connectivity index (χ2v) is 4.12. The first-order chi connectivity index (χ1) is 9.31. The summed E-state index contributed by atoms with van der Waals surface area (Å²) in [5.41, 5.74) is -0.0151. The molecule has 0 radical (unpaired) electrons. The van der Waals surface area contributed by atoms with Crippen molar-refractivity contribution >= 4 is 11.7 Å². The van der Waals surface area contributed by atoms with Gasteiger partial charge >= 0.3 is 12.2 Å². The third-order valence-corrected chi connectivity index (χ3v) is 2.37. The smallest absolute Gasteiger partial charge is 0.393 e. The monoisotopic (exact) mass is 292 g/mol. The topological polar surface area (TPSA) is 81.6 Å². The molecular weight excluding hydrogens is 277 g/mol. The van der Waals surface area contributed by atoms with Crippen LogP contribution < -0.4 is 10.6 Å². The second kappa shape index (κ2) is 7.11. The average Bonchev–Trinajstić information content (AvgIpc) is 2.36. The number of para-hydroxylation sites is 1. The molecule has 0 fully saturated rings. The molecule has 1 aromatic rings. The van der Waals surface area contributed by atoms with Crippen LogP contribution in [0.3, 0.4) is 0 Å². The molecule has 0 aromatic heterocycles. The van der Waals surface area contributed by atoms with E-state index in [9.17, 15) is 18.0 Å². The van der Waals surface area contributed by atoms with E-state index in [0.29, 0.717) is 0 Å². The van der Waals surface area contributed by atoms with Gasteiger partial charge < -0.3 is 20.8 Å². The Labute approximate surface area is 113 Å². The molecule has 8 heteroatoms. The second-order valence-electron chi connectivity index (χ2n) is 4.12. The van der Waals surface area contributed by atoms with Crippen LogP contribution in [0.2, 0.25) is 0 Å². The number of alkyl halides is 3. The minimum absolute atomic E-state index is 0.0424. The summed E-state index contributed by atoms with van der Waals surface area (Å²) in [6.45, 7) is -0.727. The number of carbonyl (C=O) groups excluding carboxylic acids is 1. The first-order valence-electron chi connectivity index (χ1n) is 5.80. The highest BCUT2D eigenvalue weighted by Gasteiger charge is 2.28. The SMILES string of the molecule is O=C(NC[C@@H](O)CO)Nc1ccccc1CC(F)(F)F. The number of halogens is 3. The summed E-state index contributed by atoms with van der Waals surface area (Å²) in [6.07, 6.45) is -6.64. The van der Waals surface area contributed by atoms with Gasteiger partial charge in [-0.05, 0) is 11.6 Å². The summed E-state index contributed by atoms with van der Waals surface area (Å²) in [4.78, 5) is 11.5. The maximum atomic E-state index is 12.4. The van der Waals surface area contributed by atoms with Gasteiger partial charge in [-0.2, -0.15) is 13.2 Å². The van der Waals surface area contributed by atoms with Gasteiger partial charge in [0.25, 0.3) is 0 Å². The zero-order valence-corrected chi connectivity index (χ0v) is 10.4. The van der Waals surface area contributed by atoms with Gasteiger partial charge in [0.1, 0.15) is 0 Å². The van der Waals surface area contributed by atoms with E-state index in [1.54, 1.807) is 0 Å². The molecule has 0 spiro atoms. The molecule has 0 heterocycles. The number of aliphatic hydroxyl groups excluding tert-OH is 2. The predicted octanol–water partition coefficient (Wildman–Crippen LogP) is 1.27. The Bertz CT molecular complexity index is 452. The molecule has 0 saturated heterocycles. The number of nitrogens with one attached hydrogen (secondary N) is 2. The van der Waals surface area contributed by atoms with Crippen LogP contribution in [0.1, 0.15) is 5.56 Å². The number of urea groups is 1. The molecule has 2 amide bonds. The van der Waals surface area contributed by atoms with E-state index in [1.807, 2.05) is 0 Å². The Kier molecular flexibility index (Phi) is 5.78. The number of hydrogen-bond acceptors (Lipinski definition) is 3. The normalized spacial score (nSPS) is 12.8. The molecule has 0 bridgehead atoms. The summed E-state index contributed by atoms with van der Waals surface area (Å²) >= 11 is 0. The molecule has 1 atom stereocenters. The third-order valence-electron chi connectivity index (χ3n) is 2.37. The van der Waals surface area contributed by atoms with Gasteiger partial charge in [-0.25, -0.2) is 4.79 Å². The van der Waals surface area contributed by atoms with E-state index in [1.165, 1.54) is 24.3 Å². The van der Waals surface area contributed by atoms with Crippen molar-refractivity contribution in [2.45, 2.75) is 18.7 Å². The van der Waals surface area contributed by atoms with E-state index in [4.69, 9.17) is 10.2 Å². The van der Waals surface area contributed by atoms with Crippen molar-refractivity contribution in [1.82, 2.24) is 5.32 Å². The van der Waals surface area contributed by atoms with Gasteiger partial charge in [-0.15, -0.1) is 0 Å². The van der Waals surface area contributed by atoms with Crippen molar-refractivity contribution in [3.8, 4) is 0 Å². The van der Waals surface area contributed by atoms with Crippen LogP contribution in [0.4, 0.5) is 23.7 Å². The molecule has 0 unspecified atom stereocenters. The molecule has 4 N–H and O–H groups in total. The maximum Gasteiger partial charge on any atom is 0.393 e. The van der Waals surface area contributed by atoms with Crippen molar-refractivity contribution in [2.24, 2.45) is 0 Å². The van der Waals surface area contributed by atoms with Gasteiger partial charge in [-0.1, -0.05) is 18.2 Å².